The molecule has 0 saturated heterocycles. The molecule has 0 fully saturated rings. The van der Waals surface area contributed by atoms with Gasteiger partial charge in [0.25, 0.3) is 5.91 Å². The second-order valence-corrected chi connectivity index (χ2v) is 5.22. The molecule has 116 valence electrons. The summed E-state index contributed by atoms with van der Waals surface area (Å²) in [6.45, 7) is 4.24. The van der Waals surface area contributed by atoms with E-state index < -0.39 is 0 Å². The van der Waals surface area contributed by atoms with E-state index in [9.17, 15) is 9.18 Å². The summed E-state index contributed by atoms with van der Waals surface area (Å²) in [5.74, 6) is 0.547. The Balaban J connectivity index is 1.84. The summed E-state index contributed by atoms with van der Waals surface area (Å²) in [5.41, 5.74) is 1.80. The molecule has 0 aliphatic heterocycles. The summed E-state index contributed by atoms with van der Waals surface area (Å²) in [6.07, 6.45) is 1.08. The maximum atomic E-state index is 12.8. The average Bonchev–Trinajstić information content (AvgIpc) is 2.55. The molecule has 1 N–H and O–H groups in total. The van der Waals surface area contributed by atoms with Gasteiger partial charge in [-0.15, -0.1) is 0 Å². The summed E-state index contributed by atoms with van der Waals surface area (Å²) in [6, 6.07) is 13.4. The van der Waals surface area contributed by atoms with Crippen LogP contribution < -0.4 is 10.1 Å². The van der Waals surface area contributed by atoms with E-state index in [1.165, 1.54) is 29.8 Å². The van der Waals surface area contributed by atoms with Gasteiger partial charge in [0.05, 0.1) is 0 Å². The molecule has 2 aromatic carbocycles. The van der Waals surface area contributed by atoms with Crippen LogP contribution in [-0.4, -0.2) is 12.5 Å². The van der Waals surface area contributed by atoms with Gasteiger partial charge in [0, 0.05) is 5.69 Å². The number of hydrogen-bond donors (Lipinski definition) is 1. The number of halogens is 1. The molecule has 22 heavy (non-hydrogen) atoms. The van der Waals surface area contributed by atoms with Gasteiger partial charge in [0.1, 0.15) is 11.6 Å². The van der Waals surface area contributed by atoms with Gasteiger partial charge in [-0.1, -0.05) is 26.0 Å². The number of anilines is 1. The lowest BCUT2D eigenvalue weighted by Crippen LogP contribution is -2.20. The molecule has 0 aromatic heterocycles. The number of rotatable bonds is 6. The van der Waals surface area contributed by atoms with Crippen LogP contribution in [0.4, 0.5) is 10.1 Å². The van der Waals surface area contributed by atoms with Gasteiger partial charge in [0.15, 0.2) is 6.61 Å². The SMILES string of the molecule is CC[C@@H](C)c1ccc(OCC(=O)Nc2ccc(F)cc2)cc1. The molecule has 0 radical (unpaired) electrons. The fourth-order valence-corrected chi connectivity index (χ4v) is 2.01. The van der Waals surface area contributed by atoms with Crippen LogP contribution in [0.5, 0.6) is 5.75 Å². The quantitative estimate of drug-likeness (QED) is 0.861. The highest BCUT2D eigenvalue weighted by atomic mass is 19.1. The minimum atomic E-state index is -0.337. The highest BCUT2D eigenvalue weighted by Crippen LogP contribution is 2.21. The third-order valence-electron chi connectivity index (χ3n) is 3.56. The van der Waals surface area contributed by atoms with Crippen molar-refractivity contribution in [3.05, 3.63) is 59.9 Å². The number of carbonyl (C=O) groups excluding carboxylic acids is 1. The number of nitrogens with one attached hydrogen (secondary N) is 1. The first-order chi connectivity index (χ1) is 10.6. The van der Waals surface area contributed by atoms with Crippen molar-refractivity contribution in [2.75, 3.05) is 11.9 Å². The van der Waals surface area contributed by atoms with Gasteiger partial charge in [-0.25, -0.2) is 4.39 Å². The number of hydrogen-bond acceptors (Lipinski definition) is 2. The number of amides is 1. The minimum absolute atomic E-state index is 0.0833. The number of ether oxygens (including phenoxy) is 1. The standard InChI is InChI=1S/C18H20FNO2/c1-3-13(2)14-4-10-17(11-5-14)22-12-18(21)20-16-8-6-15(19)7-9-16/h4-11,13H,3,12H2,1-2H3,(H,20,21)/t13-/m1/s1. The largest absolute Gasteiger partial charge is 0.484 e. The van der Waals surface area contributed by atoms with E-state index >= 15 is 0 Å². The first-order valence-electron chi connectivity index (χ1n) is 7.36. The van der Waals surface area contributed by atoms with Gasteiger partial charge in [-0.3, -0.25) is 4.79 Å². The molecule has 2 aromatic rings. The van der Waals surface area contributed by atoms with E-state index in [1.807, 2.05) is 24.3 Å². The Bertz CT molecular complexity index is 608. The van der Waals surface area contributed by atoms with Gasteiger partial charge >= 0.3 is 0 Å². The molecule has 4 heteroatoms. The second kappa shape index (κ2) is 7.59. The molecule has 0 aliphatic carbocycles. The van der Waals surface area contributed by atoms with E-state index in [1.54, 1.807) is 0 Å². The van der Waals surface area contributed by atoms with Crippen molar-refractivity contribution >= 4 is 11.6 Å². The van der Waals surface area contributed by atoms with E-state index in [-0.39, 0.29) is 18.3 Å². The molecule has 0 aliphatic rings. The maximum absolute atomic E-state index is 12.8. The molecular formula is C18H20FNO2. The fraction of sp³-hybridized carbons (Fsp3) is 0.278. The number of carbonyl (C=O) groups is 1. The Kier molecular flexibility index (Phi) is 5.53. The monoisotopic (exact) mass is 301 g/mol. The minimum Gasteiger partial charge on any atom is -0.484 e. The lowest BCUT2D eigenvalue weighted by molar-refractivity contribution is -0.118. The van der Waals surface area contributed by atoms with E-state index in [0.29, 0.717) is 17.4 Å². The predicted octanol–water partition coefficient (Wildman–Crippen LogP) is 4.36. The molecule has 0 bridgehead atoms. The first-order valence-corrected chi connectivity index (χ1v) is 7.36. The van der Waals surface area contributed by atoms with Crippen LogP contribution in [0.25, 0.3) is 0 Å². The van der Waals surface area contributed by atoms with Crippen molar-refractivity contribution < 1.29 is 13.9 Å². The van der Waals surface area contributed by atoms with Crippen LogP contribution in [-0.2, 0) is 4.79 Å². The fourth-order valence-electron chi connectivity index (χ4n) is 2.01. The van der Waals surface area contributed by atoms with E-state index in [4.69, 9.17) is 4.74 Å². The molecule has 2 rings (SSSR count). The van der Waals surface area contributed by atoms with Crippen molar-refractivity contribution in [1.29, 1.82) is 0 Å². The topological polar surface area (TPSA) is 38.3 Å². The van der Waals surface area contributed by atoms with Crippen molar-refractivity contribution in [3.63, 3.8) is 0 Å². The second-order valence-electron chi connectivity index (χ2n) is 5.22. The zero-order valence-corrected chi connectivity index (χ0v) is 12.8. The Morgan fingerprint density at radius 2 is 1.77 bits per heavy atom. The Labute approximate surface area is 130 Å². The zero-order chi connectivity index (χ0) is 15.9. The summed E-state index contributed by atoms with van der Waals surface area (Å²) in [4.78, 5) is 11.8. The van der Waals surface area contributed by atoms with Gasteiger partial charge in [-0.05, 0) is 54.3 Å². The third-order valence-corrected chi connectivity index (χ3v) is 3.56. The number of benzene rings is 2. The highest BCUT2D eigenvalue weighted by Gasteiger charge is 2.06. The van der Waals surface area contributed by atoms with Crippen LogP contribution >= 0.6 is 0 Å². The van der Waals surface area contributed by atoms with Crippen LogP contribution in [0, 0.1) is 5.82 Å². The first kappa shape index (κ1) is 16.0. The summed E-state index contributed by atoms with van der Waals surface area (Å²) in [5, 5.41) is 2.65. The molecule has 0 unspecified atom stereocenters. The van der Waals surface area contributed by atoms with Crippen molar-refractivity contribution in [1.82, 2.24) is 0 Å². The van der Waals surface area contributed by atoms with Crippen LogP contribution in [0.2, 0.25) is 0 Å². The van der Waals surface area contributed by atoms with Crippen molar-refractivity contribution in [3.8, 4) is 5.75 Å². The van der Waals surface area contributed by atoms with E-state index in [0.717, 1.165) is 6.42 Å². The maximum Gasteiger partial charge on any atom is 0.262 e. The van der Waals surface area contributed by atoms with Crippen LogP contribution in [0.15, 0.2) is 48.5 Å². The van der Waals surface area contributed by atoms with Gasteiger partial charge < -0.3 is 10.1 Å². The molecule has 0 saturated carbocycles. The average molecular weight is 301 g/mol. The summed E-state index contributed by atoms with van der Waals surface area (Å²) < 4.78 is 18.2. The van der Waals surface area contributed by atoms with Crippen molar-refractivity contribution in [2.45, 2.75) is 26.2 Å². The Hall–Kier alpha value is -2.36. The van der Waals surface area contributed by atoms with Gasteiger partial charge in [0.2, 0.25) is 0 Å². The zero-order valence-electron chi connectivity index (χ0n) is 12.8. The third kappa shape index (κ3) is 4.58. The smallest absolute Gasteiger partial charge is 0.262 e. The Morgan fingerprint density at radius 3 is 2.36 bits per heavy atom. The molecule has 0 heterocycles. The van der Waals surface area contributed by atoms with Gasteiger partial charge in [-0.2, -0.15) is 0 Å². The lowest BCUT2D eigenvalue weighted by atomic mass is 9.99. The Morgan fingerprint density at radius 1 is 1.14 bits per heavy atom. The lowest BCUT2D eigenvalue weighted by Gasteiger charge is -2.11. The molecule has 1 atom stereocenters. The summed E-state index contributed by atoms with van der Waals surface area (Å²) in [7, 11) is 0. The van der Waals surface area contributed by atoms with Crippen molar-refractivity contribution in [2.24, 2.45) is 0 Å². The molecular weight excluding hydrogens is 281 g/mol. The molecule has 0 spiro atoms. The summed E-state index contributed by atoms with van der Waals surface area (Å²) >= 11 is 0. The predicted molar refractivity (Wildman–Crippen MR) is 85.7 cm³/mol. The molecule has 1 amide bonds. The highest BCUT2D eigenvalue weighted by molar-refractivity contribution is 5.91. The van der Waals surface area contributed by atoms with Crippen LogP contribution in [0.3, 0.4) is 0 Å². The molecule has 3 nitrogen and oxygen atoms in total. The van der Waals surface area contributed by atoms with E-state index in [2.05, 4.69) is 19.2 Å². The van der Waals surface area contributed by atoms with Crippen LogP contribution in [0.1, 0.15) is 31.7 Å². The normalized spacial score (nSPS) is 11.8.